The van der Waals surface area contributed by atoms with Crippen LogP contribution in [-0.2, 0) is 16.6 Å². The lowest BCUT2D eigenvalue weighted by atomic mass is 10.2. The van der Waals surface area contributed by atoms with E-state index in [1.54, 1.807) is 6.92 Å². The van der Waals surface area contributed by atoms with Crippen LogP contribution in [-0.4, -0.2) is 25.8 Å². The largest absolute Gasteiger partial charge is 0.330 e. The quantitative estimate of drug-likeness (QED) is 0.845. The van der Waals surface area contributed by atoms with E-state index in [9.17, 15) is 12.8 Å². The minimum atomic E-state index is -3.79. The molecule has 0 saturated heterocycles. The molecule has 2 rings (SSSR count). The van der Waals surface area contributed by atoms with Gasteiger partial charge in [-0.15, -0.1) is 0 Å². The van der Waals surface area contributed by atoms with E-state index in [-0.39, 0.29) is 11.4 Å². The van der Waals surface area contributed by atoms with Gasteiger partial charge in [-0.25, -0.2) is 12.8 Å². The molecule has 0 aliphatic rings. The summed E-state index contributed by atoms with van der Waals surface area (Å²) in [6, 6.07) is 13.1. The maximum Gasteiger partial charge on any atom is 0.243 e. The normalized spacial score (nSPS) is 11.8. The molecule has 0 atom stereocenters. The second-order valence-corrected chi connectivity index (χ2v) is 7.28. The first-order chi connectivity index (χ1) is 10.9. The minimum absolute atomic E-state index is 0.00505. The van der Waals surface area contributed by atoms with E-state index in [1.165, 1.54) is 16.4 Å². The molecule has 0 heterocycles. The van der Waals surface area contributed by atoms with Crippen molar-refractivity contribution in [1.82, 2.24) is 4.31 Å². The molecule has 0 saturated carbocycles. The predicted molar refractivity (Wildman–Crippen MR) is 88.8 cm³/mol. The lowest BCUT2D eigenvalue weighted by Crippen LogP contribution is -2.33. The number of benzene rings is 2. The fraction of sp³-hybridized carbons (Fsp3) is 0.294. The summed E-state index contributed by atoms with van der Waals surface area (Å²) in [5.74, 6) is -0.562. The first-order valence-corrected chi connectivity index (χ1v) is 8.89. The predicted octanol–water partition coefficient (Wildman–Crippen LogP) is 2.67. The van der Waals surface area contributed by atoms with Crippen molar-refractivity contribution in [3.63, 3.8) is 0 Å². The summed E-state index contributed by atoms with van der Waals surface area (Å²) in [7, 11) is -3.79. The second-order valence-electron chi connectivity index (χ2n) is 5.38. The van der Waals surface area contributed by atoms with Gasteiger partial charge in [-0.05, 0) is 43.1 Å². The standard InChI is InChI=1S/C17H21FN2O2S/c1-14-8-9-16(18)12-17(14)23(21,22)20(11-5-10-19)13-15-6-3-2-4-7-15/h2-4,6-9,12H,5,10-11,13,19H2,1H3. The summed E-state index contributed by atoms with van der Waals surface area (Å²) in [5.41, 5.74) is 6.93. The van der Waals surface area contributed by atoms with Crippen LogP contribution >= 0.6 is 0 Å². The summed E-state index contributed by atoms with van der Waals surface area (Å²) in [5, 5.41) is 0. The Kier molecular flexibility index (Phi) is 5.87. The number of sulfonamides is 1. The molecule has 2 aromatic rings. The Bertz CT molecular complexity index is 748. The van der Waals surface area contributed by atoms with Gasteiger partial charge in [0.15, 0.2) is 0 Å². The molecule has 6 heteroatoms. The molecule has 124 valence electrons. The van der Waals surface area contributed by atoms with E-state index >= 15 is 0 Å². The molecular weight excluding hydrogens is 315 g/mol. The Morgan fingerprint density at radius 3 is 2.48 bits per heavy atom. The molecule has 23 heavy (non-hydrogen) atoms. The van der Waals surface area contributed by atoms with Crippen LogP contribution in [0.15, 0.2) is 53.4 Å². The van der Waals surface area contributed by atoms with E-state index in [4.69, 9.17) is 5.73 Å². The van der Waals surface area contributed by atoms with Crippen molar-refractivity contribution in [2.24, 2.45) is 5.73 Å². The number of halogens is 1. The average Bonchev–Trinajstić information content (AvgIpc) is 2.54. The summed E-state index contributed by atoms with van der Waals surface area (Å²) < 4.78 is 40.7. The molecule has 0 fully saturated rings. The molecule has 2 N–H and O–H groups in total. The van der Waals surface area contributed by atoms with Crippen molar-refractivity contribution in [1.29, 1.82) is 0 Å². The summed E-state index contributed by atoms with van der Waals surface area (Å²) in [6.07, 6.45) is 0.542. The van der Waals surface area contributed by atoms with E-state index in [1.807, 2.05) is 30.3 Å². The van der Waals surface area contributed by atoms with Crippen molar-refractivity contribution in [3.8, 4) is 0 Å². The SMILES string of the molecule is Cc1ccc(F)cc1S(=O)(=O)N(CCCN)Cc1ccccc1. The molecule has 2 aromatic carbocycles. The van der Waals surface area contributed by atoms with Crippen LogP contribution in [0.3, 0.4) is 0 Å². The second kappa shape index (κ2) is 7.68. The van der Waals surface area contributed by atoms with Gasteiger partial charge in [-0.1, -0.05) is 36.4 Å². The van der Waals surface area contributed by atoms with Crippen molar-refractivity contribution < 1.29 is 12.8 Å². The van der Waals surface area contributed by atoms with Crippen LogP contribution in [0.1, 0.15) is 17.5 Å². The lowest BCUT2D eigenvalue weighted by Gasteiger charge is -2.23. The Labute approximate surface area is 136 Å². The first-order valence-electron chi connectivity index (χ1n) is 7.45. The van der Waals surface area contributed by atoms with Crippen LogP contribution in [0, 0.1) is 12.7 Å². The first kappa shape index (κ1) is 17.6. The van der Waals surface area contributed by atoms with Gasteiger partial charge in [-0.3, -0.25) is 0 Å². The van der Waals surface area contributed by atoms with Gasteiger partial charge in [0.2, 0.25) is 10.0 Å². The average molecular weight is 336 g/mol. The molecule has 0 aliphatic carbocycles. The molecule has 0 aliphatic heterocycles. The number of nitrogens with zero attached hydrogens (tertiary/aromatic N) is 1. The fourth-order valence-corrected chi connectivity index (χ4v) is 4.03. The van der Waals surface area contributed by atoms with Crippen LogP contribution < -0.4 is 5.73 Å². The zero-order valence-electron chi connectivity index (χ0n) is 13.1. The van der Waals surface area contributed by atoms with Gasteiger partial charge < -0.3 is 5.73 Å². The molecule has 0 radical (unpaired) electrons. The van der Waals surface area contributed by atoms with E-state index in [0.29, 0.717) is 25.1 Å². The Balaban J connectivity index is 2.38. The van der Waals surface area contributed by atoms with E-state index in [0.717, 1.165) is 11.6 Å². The van der Waals surface area contributed by atoms with Gasteiger partial charge in [0.05, 0.1) is 4.90 Å². The minimum Gasteiger partial charge on any atom is -0.330 e. The van der Waals surface area contributed by atoms with Crippen LogP contribution in [0.4, 0.5) is 4.39 Å². The fourth-order valence-electron chi connectivity index (χ4n) is 2.33. The Hall–Kier alpha value is -1.76. The molecule has 0 aromatic heterocycles. The van der Waals surface area contributed by atoms with Gasteiger partial charge >= 0.3 is 0 Å². The smallest absolute Gasteiger partial charge is 0.243 e. The molecule has 0 bridgehead atoms. The summed E-state index contributed by atoms with van der Waals surface area (Å²) >= 11 is 0. The highest BCUT2D eigenvalue weighted by molar-refractivity contribution is 7.89. The monoisotopic (exact) mass is 336 g/mol. The van der Waals surface area contributed by atoms with Crippen molar-refractivity contribution >= 4 is 10.0 Å². The molecule has 0 unspecified atom stereocenters. The number of hydrogen-bond donors (Lipinski definition) is 1. The van der Waals surface area contributed by atoms with E-state index < -0.39 is 15.8 Å². The van der Waals surface area contributed by atoms with Crippen molar-refractivity contribution in [2.75, 3.05) is 13.1 Å². The van der Waals surface area contributed by atoms with Crippen LogP contribution in [0.5, 0.6) is 0 Å². The Morgan fingerprint density at radius 1 is 1.13 bits per heavy atom. The van der Waals surface area contributed by atoms with Crippen LogP contribution in [0.2, 0.25) is 0 Å². The maximum atomic E-state index is 13.5. The third-order valence-electron chi connectivity index (χ3n) is 3.58. The summed E-state index contributed by atoms with van der Waals surface area (Å²) in [4.78, 5) is 0.00505. The Morgan fingerprint density at radius 2 is 1.83 bits per heavy atom. The highest BCUT2D eigenvalue weighted by Crippen LogP contribution is 2.23. The third-order valence-corrected chi connectivity index (χ3v) is 5.57. The maximum absolute atomic E-state index is 13.5. The van der Waals surface area contributed by atoms with Gasteiger partial charge in [0, 0.05) is 13.1 Å². The zero-order chi connectivity index (χ0) is 16.9. The van der Waals surface area contributed by atoms with Crippen molar-refractivity contribution in [2.45, 2.75) is 24.8 Å². The lowest BCUT2D eigenvalue weighted by molar-refractivity contribution is 0.401. The van der Waals surface area contributed by atoms with Gasteiger partial charge in [-0.2, -0.15) is 4.31 Å². The highest BCUT2D eigenvalue weighted by Gasteiger charge is 2.26. The van der Waals surface area contributed by atoms with Crippen molar-refractivity contribution in [3.05, 3.63) is 65.5 Å². The van der Waals surface area contributed by atoms with Gasteiger partial charge in [0.25, 0.3) is 0 Å². The number of rotatable bonds is 7. The molecular formula is C17H21FN2O2S. The van der Waals surface area contributed by atoms with Gasteiger partial charge in [0.1, 0.15) is 5.82 Å². The zero-order valence-corrected chi connectivity index (χ0v) is 13.9. The van der Waals surface area contributed by atoms with E-state index in [2.05, 4.69) is 0 Å². The molecule has 0 spiro atoms. The summed E-state index contributed by atoms with van der Waals surface area (Å²) in [6.45, 7) is 2.59. The topological polar surface area (TPSA) is 63.4 Å². The number of hydrogen-bond acceptors (Lipinski definition) is 3. The third kappa shape index (κ3) is 4.37. The molecule has 0 amide bonds. The van der Waals surface area contributed by atoms with Crippen LogP contribution in [0.25, 0.3) is 0 Å². The molecule has 4 nitrogen and oxygen atoms in total. The highest BCUT2D eigenvalue weighted by atomic mass is 32.2. The number of aryl methyl sites for hydroxylation is 1. The number of nitrogens with two attached hydrogens (primary N) is 1.